The van der Waals surface area contributed by atoms with Gasteiger partial charge in [-0.2, -0.15) is 0 Å². The van der Waals surface area contributed by atoms with Gasteiger partial charge in [0, 0.05) is 34.9 Å². The molecule has 0 radical (unpaired) electrons. The summed E-state index contributed by atoms with van der Waals surface area (Å²) in [6.07, 6.45) is 4.09. The van der Waals surface area contributed by atoms with E-state index in [-0.39, 0.29) is 11.8 Å². The number of fused-ring (bicyclic) bond motifs is 1. The van der Waals surface area contributed by atoms with Crippen LogP contribution in [-0.2, 0) is 35.5 Å². The SMILES string of the molecule is CCc1[nH]c2ccc(OCc3ccccc3)cc2c1CC[C@H]1NC(=O)[C@H](Cc2ccccn2)NC1=O. The Balaban J connectivity index is 1.26. The predicted molar refractivity (Wildman–Crippen MR) is 139 cm³/mol. The van der Waals surface area contributed by atoms with E-state index < -0.39 is 12.1 Å². The molecule has 4 aromatic rings. The monoisotopic (exact) mass is 482 g/mol. The minimum absolute atomic E-state index is 0.152. The average Bonchev–Trinajstić information content (AvgIpc) is 3.26. The highest BCUT2D eigenvalue weighted by Crippen LogP contribution is 2.29. The number of aromatic amines is 1. The molecule has 0 unspecified atom stereocenters. The molecule has 2 aromatic carbocycles. The maximum atomic E-state index is 12.8. The molecule has 7 nitrogen and oxygen atoms in total. The number of carbonyl (C=O) groups is 2. The van der Waals surface area contributed by atoms with Crippen molar-refractivity contribution in [3.63, 3.8) is 0 Å². The number of nitrogens with one attached hydrogen (secondary N) is 3. The zero-order valence-electron chi connectivity index (χ0n) is 20.3. The topological polar surface area (TPSA) is 96.1 Å². The fourth-order valence-electron chi connectivity index (χ4n) is 4.74. The number of nitrogens with zero attached hydrogens (tertiary/aromatic N) is 1. The lowest BCUT2D eigenvalue weighted by atomic mass is 9.98. The number of H-pyrrole nitrogens is 1. The largest absolute Gasteiger partial charge is 0.489 e. The molecule has 0 spiro atoms. The van der Waals surface area contributed by atoms with E-state index in [1.807, 2.05) is 60.7 Å². The maximum absolute atomic E-state index is 12.8. The summed E-state index contributed by atoms with van der Waals surface area (Å²) >= 11 is 0. The van der Waals surface area contributed by atoms with Gasteiger partial charge in [-0.25, -0.2) is 0 Å². The number of amides is 2. The molecule has 1 fully saturated rings. The molecule has 1 saturated heterocycles. The van der Waals surface area contributed by atoms with Gasteiger partial charge >= 0.3 is 0 Å². The molecule has 2 aromatic heterocycles. The number of carbonyl (C=O) groups excluding carboxylic acids is 2. The van der Waals surface area contributed by atoms with E-state index in [9.17, 15) is 9.59 Å². The van der Waals surface area contributed by atoms with Crippen molar-refractivity contribution in [2.75, 3.05) is 0 Å². The van der Waals surface area contributed by atoms with Crippen molar-refractivity contribution in [1.29, 1.82) is 0 Å². The number of rotatable bonds is 9. The fraction of sp³-hybridized carbons (Fsp3) is 0.276. The van der Waals surface area contributed by atoms with Crippen molar-refractivity contribution < 1.29 is 14.3 Å². The first-order valence-corrected chi connectivity index (χ1v) is 12.4. The van der Waals surface area contributed by atoms with E-state index in [1.54, 1.807) is 6.20 Å². The number of ether oxygens (including phenoxy) is 1. The zero-order valence-corrected chi connectivity index (χ0v) is 20.3. The Hall–Kier alpha value is -4.13. The summed E-state index contributed by atoms with van der Waals surface area (Å²) in [4.78, 5) is 33.3. The van der Waals surface area contributed by atoms with Gasteiger partial charge in [-0.15, -0.1) is 0 Å². The van der Waals surface area contributed by atoms with Crippen molar-refractivity contribution in [2.24, 2.45) is 0 Å². The molecule has 184 valence electrons. The molecular weight excluding hydrogens is 452 g/mol. The summed E-state index contributed by atoms with van der Waals surface area (Å²) in [6.45, 7) is 2.61. The molecule has 1 aliphatic heterocycles. The summed E-state index contributed by atoms with van der Waals surface area (Å²) in [7, 11) is 0. The Morgan fingerprint density at radius 3 is 2.47 bits per heavy atom. The van der Waals surface area contributed by atoms with Crippen LogP contribution in [0.5, 0.6) is 5.75 Å². The van der Waals surface area contributed by atoms with Crippen LogP contribution < -0.4 is 15.4 Å². The van der Waals surface area contributed by atoms with Gasteiger partial charge in [-0.3, -0.25) is 14.6 Å². The van der Waals surface area contributed by atoms with Crippen LogP contribution >= 0.6 is 0 Å². The third-order valence-electron chi connectivity index (χ3n) is 6.66. The lowest BCUT2D eigenvalue weighted by Gasteiger charge is -2.29. The average molecular weight is 483 g/mol. The molecule has 0 bridgehead atoms. The van der Waals surface area contributed by atoms with Gasteiger partial charge in [0.05, 0.1) is 0 Å². The van der Waals surface area contributed by atoms with E-state index in [4.69, 9.17) is 4.74 Å². The van der Waals surface area contributed by atoms with Crippen LogP contribution in [0.4, 0.5) is 0 Å². The van der Waals surface area contributed by atoms with Crippen LogP contribution in [-0.4, -0.2) is 33.9 Å². The van der Waals surface area contributed by atoms with Gasteiger partial charge in [0.15, 0.2) is 0 Å². The second-order valence-electron chi connectivity index (χ2n) is 9.10. The lowest BCUT2D eigenvalue weighted by Crippen LogP contribution is -2.62. The van der Waals surface area contributed by atoms with Crippen molar-refractivity contribution in [1.82, 2.24) is 20.6 Å². The Labute approximate surface area is 210 Å². The van der Waals surface area contributed by atoms with Crippen molar-refractivity contribution >= 4 is 22.7 Å². The number of hydrogen-bond donors (Lipinski definition) is 3. The van der Waals surface area contributed by atoms with Crippen molar-refractivity contribution in [3.05, 3.63) is 95.4 Å². The zero-order chi connectivity index (χ0) is 24.9. The van der Waals surface area contributed by atoms with Gasteiger partial charge in [0.1, 0.15) is 24.4 Å². The normalized spacial score (nSPS) is 17.6. The highest BCUT2D eigenvalue weighted by atomic mass is 16.5. The van der Waals surface area contributed by atoms with Crippen LogP contribution in [0.25, 0.3) is 10.9 Å². The van der Waals surface area contributed by atoms with Crippen LogP contribution in [0.1, 0.15) is 35.9 Å². The highest BCUT2D eigenvalue weighted by Gasteiger charge is 2.33. The van der Waals surface area contributed by atoms with E-state index in [2.05, 4.69) is 33.6 Å². The molecule has 0 aliphatic carbocycles. The van der Waals surface area contributed by atoms with E-state index >= 15 is 0 Å². The molecule has 2 atom stereocenters. The van der Waals surface area contributed by atoms with Crippen LogP contribution in [0.15, 0.2) is 72.9 Å². The molecule has 5 rings (SSSR count). The molecule has 3 heterocycles. The highest BCUT2D eigenvalue weighted by molar-refractivity contribution is 5.97. The first kappa shape index (κ1) is 23.6. The second kappa shape index (κ2) is 10.6. The van der Waals surface area contributed by atoms with Gasteiger partial charge in [-0.05, 0) is 60.7 Å². The minimum Gasteiger partial charge on any atom is -0.489 e. The van der Waals surface area contributed by atoms with Crippen LogP contribution in [0, 0.1) is 0 Å². The first-order chi connectivity index (χ1) is 17.6. The Morgan fingerprint density at radius 1 is 0.917 bits per heavy atom. The minimum atomic E-state index is -0.604. The molecule has 7 heteroatoms. The molecule has 1 aliphatic rings. The number of pyridine rings is 1. The first-order valence-electron chi connectivity index (χ1n) is 12.4. The van der Waals surface area contributed by atoms with Crippen LogP contribution in [0.2, 0.25) is 0 Å². The van der Waals surface area contributed by atoms with Gasteiger partial charge in [0.25, 0.3) is 0 Å². The van der Waals surface area contributed by atoms with Crippen molar-refractivity contribution in [3.8, 4) is 5.75 Å². The number of benzene rings is 2. The molecule has 3 N–H and O–H groups in total. The van der Waals surface area contributed by atoms with Gasteiger partial charge in [0.2, 0.25) is 11.8 Å². The summed E-state index contributed by atoms with van der Waals surface area (Å²) in [5, 5.41) is 6.89. The standard InChI is InChI=1S/C29H30N4O3/c1-2-24-22(23-17-21(11-13-25(23)31-24)36-18-19-8-4-3-5-9-19)12-14-26-28(34)33-27(29(35)32-26)16-20-10-6-7-15-30-20/h3-11,13,15,17,26-27,31H,2,12,14,16,18H2,1H3,(H,32,35)(H,33,34)/t26-,27+/m1/s1. The van der Waals surface area contributed by atoms with Crippen molar-refractivity contribution in [2.45, 2.75) is 51.3 Å². The number of aromatic nitrogens is 2. The fourth-order valence-corrected chi connectivity index (χ4v) is 4.74. The van der Waals surface area contributed by atoms with Crippen LogP contribution in [0.3, 0.4) is 0 Å². The maximum Gasteiger partial charge on any atom is 0.243 e. The number of hydrogen-bond acceptors (Lipinski definition) is 4. The summed E-state index contributed by atoms with van der Waals surface area (Å²) in [5.74, 6) is 0.479. The van der Waals surface area contributed by atoms with E-state index in [1.165, 1.54) is 0 Å². The van der Waals surface area contributed by atoms with E-state index in [0.29, 0.717) is 25.9 Å². The third-order valence-corrected chi connectivity index (χ3v) is 6.66. The lowest BCUT2D eigenvalue weighted by molar-refractivity contribution is -0.136. The third kappa shape index (κ3) is 5.25. The molecule has 2 amide bonds. The van der Waals surface area contributed by atoms with Gasteiger partial charge in [-0.1, -0.05) is 43.3 Å². The quantitative estimate of drug-likeness (QED) is 0.338. The smallest absolute Gasteiger partial charge is 0.243 e. The number of piperazine rings is 1. The molecule has 36 heavy (non-hydrogen) atoms. The predicted octanol–water partition coefficient (Wildman–Crippen LogP) is 3.86. The number of aryl methyl sites for hydroxylation is 2. The van der Waals surface area contributed by atoms with E-state index in [0.717, 1.165) is 45.6 Å². The summed E-state index contributed by atoms with van der Waals surface area (Å²) in [5.41, 5.74) is 5.23. The molecular formula is C29H30N4O3. The Bertz CT molecular complexity index is 1350. The summed E-state index contributed by atoms with van der Waals surface area (Å²) in [6, 6.07) is 20.5. The van der Waals surface area contributed by atoms with Gasteiger partial charge < -0.3 is 20.4 Å². The molecule has 0 saturated carbocycles. The Kier molecular flexibility index (Phi) is 6.98. The second-order valence-corrected chi connectivity index (χ2v) is 9.10. The summed E-state index contributed by atoms with van der Waals surface area (Å²) < 4.78 is 6.04. The Morgan fingerprint density at radius 2 is 1.69 bits per heavy atom.